The van der Waals surface area contributed by atoms with E-state index in [1.54, 1.807) is 0 Å². The molecule has 1 saturated heterocycles. The number of anilines is 2. The number of hydrogen-bond donors (Lipinski definition) is 0. The van der Waals surface area contributed by atoms with Crippen LogP contribution in [0.15, 0.2) is 0 Å². The molecule has 6 heteroatoms. The first kappa shape index (κ1) is 14.3. The second-order valence-electron chi connectivity index (χ2n) is 5.23. The molecule has 0 aromatic carbocycles. The summed E-state index contributed by atoms with van der Waals surface area (Å²) in [5.41, 5.74) is 0. The molecule has 2 rings (SSSR count). The zero-order valence-corrected chi connectivity index (χ0v) is 12.7. The molecular formula is C13H22ClN5. The molecule has 2 heterocycles. The molecule has 0 N–H and O–H groups in total. The minimum Gasteiger partial charge on any atom is -0.347 e. The molecule has 1 aromatic heterocycles. The number of nitrogens with zero attached hydrogens (tertiary/aromatic N) is 5. The zero-order chi connectivity index (χ0) is 13.8. The number of hydrogen-bond acceptors (Lipinski definition) is 5. The summed E-state index contributed by atoms with van der Waals surface area (Å²) in [6, 6.07) is 0.534. The van der Waals surface area contributed by atoms with E-state index in [0.29, 0.717) is 12.0 Å². The van der Waals surface area contributed by atoms with Crippen molar-refractivity contribution in [2.75, 3.05) is 30.4 Å². The third-order valence-corrected chi connectivity index (χ3v) is 3.66. The summed E-state index contributed by atoms with van der Waals surface area (Å²) in [4.78, 5) is 17.1. The van der Waals surface area contributed by atoms with E-state index < -0.39 is 0 Å². The molecule has 1 aromatic rings. The Labute approximate surface area is 120 Å². The summed E-state index contributed by atoms with van der Waals surface area (Å²) in [6.07, 6.45) is 6.07. The lowest BCUT2D eigenvalue weighted by molar-refractivity contribution is 0.428. The fourth-order valence-electron chi connectivity index (χ4n) is 2.56. The van der Waals surface area contributed by atoms with Gasteiger partial charge in [-0.2, -0.15) is 15.0 Å². The molecule has 0 bridgehead atoms. The van der Waals surface area contributed by atoms with E-state index >= 15 is 0 Å². The van der Waals surface area contributed by atoms with Crippen molar-refractivity contribution in [2.24, 2.45) is 0 Å². The molecule has 0 aliphatic carbocycles. The quantitative estimate of drug-likeness (QED) is 0.850. The molecule has 0 saturated carbocycles. The van der Waals surface area contributed by atoms with Gasteiger partial charge in [-0.1, -0.05) is 13.3 Å². The third kappa shape index (κ3) is 3.47. The fraction of sp³-hybridized carbons (Fsp3) is 0.769. The largest absolute Gasteiger partial charge is 0.347 e. The Balaban J connectivity index is 2.27. The van der Waals surface area contributed by atoms with Crippen LogP contribution in [0.1, 0.15) is 39.0 Å². The maximum absolute atomic E-state index is 6.02. The predicted molar refractivity (Wildman–Crippen MR) is 79.1 cm³/mol. The Morgan fingerprint density at radius 1 is 1.26 bits per heavy atom. The third-order valence-electron chi connectivity index (χ3n) is 3.49. The lowest BCUT2D eigenvalue weighted by Crippen LogP contribution is -2.40. The molecule has 0 amide bonds. The van der Waals surface area contributed by atoms with Crippen molar-refractivity contribution in [1.29, 1.82) is 0 Å². The van der Waals surface area contributed by atoms with Gasteiger partial charge in [0.25, 0.3) is 0 Å². The summed E-state index contributed by atoms with van der Waals surface area (Å²) in [5.74, 6) is 1.35. The van der Waals surface area contributed by atoms with Crippen LogP contribution in [0.3, 0.4) is 0 Å². The van der Waals surface area contributed by atoms with Gasteiger partial charge in [0.2, 0.25) is 17.2 Å². The molecule has 1 fully saturated rings. The van der Waals surface area contributed by atoms with Crippen molar-refractivity contribution in [3.63, 3.8) is 0 Å². The summed E-state index contributed by atoms with van der Waals surface area (Å²) < 4.78 is 0. The van der Waals surface area contributed by atoms with Crippen molar-refractivity contribution in [1.82, 2.24) is 15.0 Å². The Kier molecular flexibility index (Phi) is 4.80. The van der Waals surface area contributed by atoms with Gasteiger partial charge in [-0.05, 0) is 37.3 Å². The monoisotopic (exact) mass is 283 g/mol. The molecule has 0 spiro atoms. The maximum atomic E-state index is 6.02. The first-order chi connectivity index (χ1) is 9.11. The second kappa shape index (κ2) is 6.37. The first-order valence-corrected chi connectivity index (χ1v) is 7.35. The molecule has 1 atom stereocenters. The lowest BCUT2D eigenvalue weighted by atomic mass is 9.99. The van der Waals surface area contributed by atoms with Crippen LogP contribution in [0.25, 0.3) is 0 Å². The number of piperidine rings is 1. The summed E-state index contributed by atoms with van der Waals surface area (Å²) in [6.45, 7) is 3.23. The SMILES string of the molecule is CCCC1CCCCN1c1nc(Cl)nc(N(C)C)n1. The first-order valence-electron chi connectivity index (χ1n) is 6.97. The number of halogens is 1. The van der Waals surface area contributed by atoms with Gasteiger partial charge in [-0.3, -0.25) is 0 Å². The van der Waals surface area contributed by atoms with Gasteiger partial charge in [-0.15, -0.1) is 0 Å². The Morgan fingerprint density at radius 3 is 2.74 bits per heavy atom. The Hall–Kier alpha value is -1.10. The smallest absolute Gasteiger partial charge is 0.231 e. The number of aromatic nitrogens is 3. The van der Waals surface area contributed by atoms with Gasteiger partial charge >= 0.3 is 0 Å². The van der Waals surface area contributed by atoms with E-state index in [0.717, 1.165) is 12.5 Å². The van der Waals surface area contributed by atoms with Crippen LogP contribution in [0, 0.1) is 0 Å². The van der Waals surface area contributed by atoms with Crippen molar-refractivity contribution in [3.05, 3.63) is 5.28 Å². The van der Waals surface area contributed by atoms with Gasteiger partial charge in [0.1, 0.15) is 0 Å². The molecule has 1 unspecified atom stereocenters. The van der Waals surface area contributed by atoms with Crippen molar-refractivity contribution in [2.45, 2.75) is 45.1 Å². The fourth-order valence-corrected chi connectivity index (χ4v) is 2.71. The number of rotatable bonds is 4. The van der Waals surface area contributed by atoms with E-state index in [-0.39, 0.29) is 5.28 Å². The molecule has 5 nitrogen and oxygen atoms in total. The van der Waals surface area contributed by atoms with Gasteiger partial charge < -0.3 is 9.80 Å². The summed E-state index contributed by atoms with van der Waals surface area (Å²) in [5, 5.41) is 0.273. The van der Waals surface area contributed by atoms with Crippen LogP contribution in [0.4, 0.5) is 11.9 Å². The highest BCUT2D eigenvalue weighted by atomic mass is 35.5. The van der Waals surface area contributed by atoms with Gasteiger partial charge in [-0.25, -0.2) is 0 Å². The van der Waals surface area contributed by atoms with E-state index in [9.17, 15) is 0 Å². The van der Waals surface area contributed by atoms with E-state index in [4.69, 9.17) is 11.6 Å². The van der Waals surface area contributed by atoms with Crippen molar-refractivity contribution < 1.29 is 0 Å². The topological polar surface area (TPSA) is 45.2 Å². The van der Waals surface area contributed by atoms with Gasteiger partial charge in [0.15, 0.2) is 0 Å². The van der Waals surface area contributed by atoms with Gasteiger partial charge in [0, 0.05) is 26.7 Å². The Morgan fingerprint density at radius 2 is 2.05 bits per heavy atom. The van der Waals surface area contributed by atoms with E-state index in [1.165, 1.54) is 32.1 Å². The zero-order valence-electron chi connectivity index (χ0n) is 11.9. The molecule has 0 radical (unpaired) electrons. The Bertz CT molecular complexity index is 421. The van der Waals surface area contributed by atoms with Crippen LogP contribution >= 0.6 is 11.6 Å². The van der Waals surface area contributed by atoms with Crippen LogP contribution in [-0.2, 0) is 0 Å². The average Bonchev–Trinajstić information content (AvgIpc) is 2.39. The summed E-state index contributed by atoms with van der Waals surface area (Å²) >= 11 is 6.02. The lowest BCUT2D eigenvalue weighted by Gasteiger charge is -2.35. The van der Waals surface area contributed by atoms with Crippen molar-refractivity contribution in [3.8, 4) is 0 Å². The molecule has 1 aliphatic heterocycles. The minimum atomic E-state index is 0.273. The van der Waals surface area contributed by atoms with E-state index in [2.05, 4.69) is 26.8 Å². The second-order valence-corrected chi connectivity index (χ2v) is 5.57. The van der Waals surface area contributed by atoms with Crippen LogP contribution in [0.2, 0.25) is 5.28 Å². The summed E-state index contributed by atoms with van der Waals surface area (Å²) in [7, 11) is 3.82. The standard InChI is InChI=1S/C13H22ClN5/c1-4-7-10-8-5-6-9-19(10)13-16-11(14)15-12(17-13)18(2)3/h10H,4-9H2,1-3H3. The highest BCUT2D eigenvalue weighted by molar-refractivity contribution is 6.28. The molecular weight excluding hydrogens is 262 g/mol. The normalized spacial score (nSPS) is 19.6. The van der Waals surface area contributed by atoms with E-state index in [1.807, 2.05) is 19.0 Å². The predicted octanol–water partition coefficient (Wildman–Crippen LogP) is 2.75. The minimum absolute atomic E-state index is 0.273. The maximum Gasteiger partial charge on any atom is 0.231 e. The molecule has 1 aliphatic rings. The molecule has 19 heavy (non-hydrogen) atoms. The highest BCUT2D eigenvalue weighted by Crippen LogP contribution is 2.26. The van der Waals surface area contributed by atoms with Crippen LogP contribution < -0.4 is 9.80 Å². The average molecular weight is 284 g/mol. The highest BCUT2D eigenvalue weighted by Gasteiger charge is 2.25. The van der Waals surface area contributed by atoms with Gasteiger partial charge in [0.05, 0.1) is 0 Å². The van der Waals surface area contributed by atoms with Crippen LogP contribution in [-0.4, -0.2) is 41.6 Å². The molecule has 106 valence electrons. The van der Waals surface area contributed by atoms with Crippen LogP contribution in [0.5, 0.6) is 0 Å². The van der Waals surface area contributed by atoms with Crippen molar-refractivity contribution >= 4 is 23.5 Å².